The van der Waals surface area contributed by atoms with E-state index in [2.05, 4.69) is 18.8 Å². The maximum absolute atomic E-state index is 12.5. The van der Waals surface area contributed by atoms with Crippen molar-refractivity contribution in [3.63, 3.8) is 0 Å². The highest BCUT2D eigenvalue weighted by atomic mass is 16.1. The molecule has 0 saturated carbocycles. The molecule has 1 aromatic rings. The van der Waals surface area contributed by atoms with Crippen LogP contribution in [0.4, 0.5) is 0 Å². The van der Waals surface area contributed by atoms with Gasteiger partial charge < -0.3 is 10.7 Å². The SMILES string of the molecule is CC1(C)Cc2[nH]cc(C(N)=O)c2C(=O)C1(C)C. The van der Waals surface area contributed by atoms with Crippen LogP contribution in [0.3, 0.4) is 0 Å². The predicted octanol–water partition coefficient (Wildman–Crippen LogP) is 1.90. The molecule has 1 heterocycles. The molecule has 0 aromatic carbocycles. The molecule has 0 bridgehead atoms. The van der Waals surface area contributed by atoms with Crippen molar-refractivity contribution in [3.8, 4) is 0 Å². The number of rotatable bonds is 1. The minimum atomic E-state index is -0.550. The number of carbonyl (C=O) groups is 2. The van der Waals surface area contributed by atoms with Gasteiger partial charge in [-0.1, -0.05) is 27.7 Å². The number of primary amides is 1. The third-order valence-corrected chi connectivity index (χ3v) is 4.33. The summed E-state index contributed by atoms with van der Waals surface area (Å²) in [4.78, 5) is 26.8. The Hall–Kier alpha value is -1.58. The highest BCUT2D eigenvalue weighted by Crippen LogP contribution is 2.48. The highest BCUT2D eigenvalue weighted by Gasteiger charge is 2.49. The number of nitrogens with two attached hydrogens (primary N) is 1. The summed E-state index contributed by atoms with van der Waals surface area (Å²) >= 11 is 0. The molecule has 92 valence electrons. The van der Waals surface area contributed by atoms with Crippen molar-refractivity contribution in [2.75, 3.05) is 0 Å². The lowest BCUT2D eigenvalue weighted by Gasteiger charge is -2.44. The molecule has 0 radical (unpaired) electrons. The zero-order chi connectivity index (χ0) is 13.0. The maximum atomic E-state index is 12.5. The summed E-state index contributed by atoms with van der Waals surface area (Å²) in [6.45, 7) is 7.99. The Morgan fingerprint density at radius 3 is 2.47 bits per heavy atom. The van der Waals surface area contributed by atoms with Crippen molar-refractivity contribution in [1.82, 2.24) is 4.98 Å². The summed E-state index contributed by atoms with van der Waals surface area (Å²) in [5.74, 6) is -0.551. The van der Waals surface area contributed by atoms with Gasteiger partial charge in [0.05, 0.1) is 11.1 Å². The van der Waals surface area contributed by atoms with Crippen LogP contribution in [0.5, 0.6) is 0 Å². The predicted molar refractivity (Wildman–Crippen MR) is 64.9 cm³/mol. The van der Waals surface area contributed by atoms with Gasteiger partial charge >= 0.3 is 0 Å². The van der Waals surface area contributed by atoms with Crippen molar-refractivity contribution in [3.05, 3.63) is 23.0 Å². The minimum absolute atomic E-state index is 0.00111. The van der Waals surface area contributed by atoms with E-state index in [9.17, 15) is 9.59 Å². The molecule has 2 rings (SSSR count). The second-order valence-corrected chi connectivity index (χ2v) is 5.93. The standard InChI is InChI=1S/C13H18N2O2/c1-12(2)5-8-9(10(16)13(12,3)4)7(6-15-8)11(14)17/h6,15H,5H2,1-4H3,(H2,14,17). The number of ketones is 1. The summed E-state index contributed by atoms with van der Waals surface area (Å²) < 4.78 is 0. The van der Waals surface area contributed by atoms with E-state index >= 15 is 0 Å². The van der Waals surface area contributed by atoms with Crippen LogP contribution >= 0.6 is 0 Å². The third-order valence-electron chi connectivity index (χ3n) is 4.33. The van der Waals surface area contributed by atoms with Gasteiger partial charge in [-0.15, -0.1) is 0 Å². The zero-order valence-electron chi connectivity index (χ0n) is 10.7. The first-order valence-corrected chi connectivity index (χ1v) is 5.73. The van der Waals surface area contributed by atoms with Crippen LogP contribution in [-0.2, 0) is 6.42 Å². The molecule has 0 aliphatic heterocycles. The Bertz CT molecular complexity index is 509. The number of aromatic amines is 1. The average Bonchev–Trinajstić information content (AvgIpc) is 2.57. The second-order valence-electron chi connectivity index (χ2n) is 5.93. The fraction of sp³-hybridized carbons (Fsp3) is 0.538. The molecule has 4 heteroatoms. The summed E-state index contributed by atoms with van der Waals surface area (Å²) in [5.41, 5.74) is 6.28. The van der Waals surface area contributed by atoms with Crippen LogP contribution < -0.4 is 5.73 Å². The topological polar surface area (TPSA) is 76.0 Å². The molecule has 0 saturated heterocycles. The minimum Gasteiger partial charge on any atom is -0.366 e. The Kier molecular flexibility index (Phi) is 2.25. The molecule has 3 N–H and O–H groups in total. The zero-order valence-corrected chi connectivity index (χ0v) is 10.7. The van der Waals surface area contributed by atoms with Gasteiger partial charge in [-0.25, -0.2) is 0 Å². The van der Waals surface area contributed by atoms with Crippen molar-refractivity contribution < 1.29 is 9.59 Å². The molecular weight excluding hydrogens is 216 g/mol. The number of hydrogen-bond acceptors (Lipinski definition) is 2. The smallest absolute Gasteiger partial charge is 0.250 e. The van der Waals surface area contributed by atoms with Crippen molar-refractivity contribution in [1.29, 1.82) is 0 Å². The number of carbonyl (C=O) groups excluding carboxylic acids is 2. The molecule has 1 amide bonds. The van der Waals surface area contributed by atoms with Crippen LogP contribution in [0, 0.1) is 10.8 Å². The van der Waals surface area contributed by atoms with E-state index in [4.69, 9.17) is 5.73 Å². The largest absolute Gasteiger partial charge is 0.366 e. The molecule has 0 atom stereocenters. The van der Waals surface area contributed by atoms with Crippen LogP contribution in [0.15, 0.2) is 6.20 Å². The molecule has 0 fully saturated rings. The summed E-state index contributed by atoms with van der Waals surface area (Å²) in [5, 5.41) is 0. The Balaban J connectivity index is 2.65. The lowest BCUT2D eigenvalue weighted by molar-refractivity contribution is 0.0526. The summed E-state index contributed by atoms with van der Waals surface area (Å²) in [7, 11) is 0. The van der Waals surface area contributed by atoms with Gasteiger partial charge in [-0.2, -0.15) is 0 Å². The van der Waals surface area contributed by atoms with Crippen LogP contribution in [0.25, 0.3) is 0 Å². The molecule has 1 aromatic heterocycles. The number of amides is 1. The number of nitrogens with one attached hydrogen (secondary N) is 1. The average molecular weight is 234 g/mol. The van der Waals surface area contributed by atoms with E-state index in [1.54, 1.807) is 6.20 Å². The third kappa shape index (κ3) is 1.43. The van der Waals surface area contributed by atoms with E-state index in [0.717, 1.165) is 12.1 Å². The van der Waals surface area contributed by atoms with E-state index in [1.165, 1.54) is 0 Å². The fourth-order valence-corrected chi connectivity index (χ4v) is 2.34. The van der Waals surface area contributed by atoms with Crippen molar-refractivity contribution in [2.24, 2.45) is 16.6 Å². The van der Waals surface area contributed by atoms with E-state index in [1.807, 2.05) is 13.8 Å². The monoisotopic (exact) mass is 234 g/mol. The normalized spacial score (nSPS) is 21.1. The maximum Gasteiger partial charge on any atom is 0.250 e. The number of Topliss-reactive ketones (excluding diaryl/α,β-unsaturated/α-hetero) is 1. The lowest BCUT2D eigenvalue weighted by Crippen LogP contribution is -2.45. The number of H-pyrrole nitrogens is 1. The van der Waals surface area contributed by atoms with Crippen molar-refractivity contribution >= 4 is 11.7 Å². The number of aromatic nitrogens is 1. The van der Waals surface area contributed by atoms with Gasteiger partial charge in [0.25, 0.3) is 5.91 Å². The van der Waals surface area contributed by atoms with Gasteiger partial charge in [0, 0.05) is 17.3 Å². The summed E-state index contributed by atoms with van der Waals surface area (Å²) in [6, 6.07) is 0. The van der Waals surface area contributed by atoms with Crippen LogP contribution in [0.2, 0.25) is 0 Å². The number of hydrogen-bond donors (Lipinski definition) is 2. The first kappa shape index (κ1) is 11.9. The van der Waals surface area contributed by atoms with Gasteiger partial charge in [-0.05, 0) is 11.8 Å². The van der Waals surface area contributed by atoms with Gasteiger partial charge in [0.15, 0.2) is 5.78 Å². The molecule has 0 spiro atoms. The van der Waals surface area contributed by atoms with E-state index in [0.29, 0.717) is 11.1 Å². The molecule has 1 aliphatic rings. The molecule has 17 heavy (non-hydrogen) atoms. The van der Waals surface area contributed by atoms with E-state index in [-0.39, 0.29) is 11.2 Å². The number of fused-ring (bicyclic) bond motifs is 1. The van der Waals surface area contributed by atoms with Crippen LogP contribution in [0.1, 0.15) is 54.1 Å². The van der Waals surface area contributed by atoms with E-state index < -0.39 is 11.3 Å². The first-order chi connectivity index (χ1) is 7.68. The Morgan fingerprint density at radius 2 is 1.94 bits per heavy atom. The molecule has 0 unspecified atom stereocenters. The fourth-order valence-electron chi connectivity index (χ4n) is 2.34. The molecule has 1 aliphatic carbocycles. The van der Waals surface area contributed by atoms with Gasteiger partial charge in [0.1, 0.15) is 0 Å². The molecular formula is C13H18N2O2. The molecule has 4 nitrogen and oxygen atoms in total. The Morgan fingerprint density at radius 1 is 1.35 bits per heavy atom. The van der Waals surface area contributed by atoms with Crippen LogP contribution in [-0.4, -0.2) is 16.7 Å². The Labute approximate surface area is 101 Å². The second kappa shape index (κ2) is 3.22. The highest BCUT2D eigenvalue weighted by molar-refractivity contribution is 6.11. The van der Waals surface area contributed by atoms with Gasteiger partial charge in [-0.3, -0.25) is 9.59 Å². The van der Waals surface area contributed by atoms with Gasteiger partial charge in [0.2, 0.25) is 0 Å². The lowest BCUT2D eigenvalue weighted by atomic mass is 9.58. The quantitative estimate of drug-likeness (QED) is 0.778. The van der Waals surface area contributed by atoms with Crippen molar-refractivity contribution in [2.45, 2.75) is 34.1 Å². The summed E-state index contributed by atoms with van der Waals surface area (Å²) in [6.07, 6.45) is 2.29. The first-order valence-electron chi connectivity index (χ1n) is 5.73.